The van der Waals surface area contributed by atoms with Crippen LogP contribution in [0.15, 0.2) is 164 Å². The highest BCUT2D eigenvalue weighted by molar-refractivity contribution is 6.14. The molecule has 0 atom stereocenters. The lowest BCUT2D eigenvalue weighted by molar-refractivity contribution is 0.666. The van der Waals surface area contributed by atoms with Crippen molar-refractivity contribution in [3.05, 3.63) is 175 Å². The van der Waals surface area contributed by atoms with Crippen LogP contribution in [0.25, 0.3) is 89.2 Å². The van der Waals surface area contributed by atoms with E-state index in [1.165, 1.54) is 44.1 Å². The molecule has 53 heavy (non-hydrogen) atoms. The second-order valence-electron chi connectivity index (χ2n) is 14.5. The minimum Gasteiger partial charge on any atom is -0.309 e. The van der Waals surface area contributed by atoms with E-state index in [1.54, 1.807) is 0 Å². The molecule has 7 aromatic carbocycles. The van der Waals surface area contributed by atoms with Crippen molar-refractivity contribution in [1.29, 1.82) is 0 Å². The van der Waals surface area contributed by atoms with Crippen molar-refractivity contribution in [2.24, 2.45) is 0 Å². The van der Waals surface area contributed by atoms with Crippen LogP contribution in [0.3, 0.4) is 0 Å². The number of nitrogens with zero attached hydrogens (tertiary/aromatic N) is 5. The van der Waals surface area contributed by atoms with Gasteiger partial charge in [-0.05, 0) is 58.7 Å². The Balaban J connectivity index is 1.15. The molecule has 0 spiro atoms. The van der Waals surface area contributed by atoms with Crippen molar-refractivity contribution in [1.82, 2.24) is 24.1 Å². The van der Waals surface area contributed by atoms with E-state index in [9.17, 15) is 0 Å². The molecule has 0 radical (unpaired) electrons. The smallest absolute Gasteiger partial charge is 0.238 e. The summed E-state index contributed by atoms with van der Waals surface area (Å²) < 4.78 is 4.57. The van der Waals surface area contributed by atoms with Gasteiger partial charge in [0.1, 0.15) is 0 Å². The SMILES string of the molecule is CC1(C)c2ccccc2-c2ccc3c(c21)c1ccccc1n3-c1cccc(-c2nc(-c3ccccc3)nc(-n3c4ccccc4c4ccccc43)n2)c1. The molecule has 10 aromatic rings. The summed E-state index contributed by atoms with van der Waals surface area (Å²) in [5.41, 5.74) is 12.7. The van der Waals surface area contributed by atoms with Gasteiger partial charge in [0.25, 0.3) is 0 Å². The lowest BCUT2D eigenvalue weighted by Crippen LogP contribution is -2.15. The molecular formula is C48H33N5. The van der Waals surface area contributed by atoms with Crippen molar-refractivity contribution in [2.45, 2.75) is 19.3 Å². The number of aromatic nitrogens is 5. The van der Waals surface area contributed by atoms with Gasteiger partial charge >= 0.3 is 0 Å². The van der Waals surface area contributed by atoms with E-state index < -0.39 is 0 Å². The van der Waals surface area contributed by atoms with E-state index in [1.807, 2.05) is 18.2 Å². The first-order valence-electron chi connectivity index (χ1n) is 18.1. The fraction of sp³-hybridized carbons (Fsp3) is 0.0625. The van der Waals surface area contributed by atoms with Crippen LogP contribution in [0.4, 0.5) is 0 Å². The molecule has 0 aliphatic heterocycles. The van der Waals surface area contributed by atoms with Gasteiger partial charge in [-0.3, -0.25) is 4.57 Å². The third kappa shape index (κ3) is 4.28. The van der Waals surface area contributed by atoms with Gasteiger partial charge in [0.05, 0.1) is 22.1 Å². The first-order valence-corrected chi connectivity index (χ1v) is 18.1. The Bertz CT molecular complexity index is 3040. The zero-order valence-corrected chi connectivity index (χ0v) is 29.3. The molecule has 0 unspecified atom stereocenters. The standard InChI is InChI=1S/C48H33N5/c1-48(2)38-23-10-6-19-33(38)36-27-28-42-43(44(36)48)37-22-9-13-26-41(37)52(42)32-18-14-17-31(29-32)46-49-45(30-15-4-3-5-16-30)50-47(51-46)53-39-24-11-7-20-34(39)35-21-8-12-25-40(35)53/h3-29H,1-2H3. The lowest BCUT2D eigenvalue weighted by Gasteiger charge is -2.22. The van der Waals surface area contributed by atoms with Crippen molar-refractivity contribution < 1.29 is 0 Å². The molecule has 250 valence electrons. The molecule has 5 heteroatoms. The summed E-state index contributed by atoms with van der Waals surface area (Å²) in [4.78, 5) is 15.5. The predicted octanol–water partition coefficient (Wildman–Crippen LogP) is 11.7. The quantitative estimate of drug-likeness (QED) is 0.186. The molecule has 11 rings (SSSR count). The topological polar surface area (TPSA) is 48.5 Å². The van der Waals surface area contributed by atoms with Crippen molar-refractivity contribution >= 4 is 43.6 Å². The van der Waals surface area contributed by atoms with Gasteiger partial charge in [-0.15, -0.1) is 0 Å². The van der Waals surface area contributed by atoms with Crippen molar-refractivity contribution in [3.8, 4) is 45.5 Å². The minimum atomic E-state index is -0.135. The number of para-hydroxylation sites is 3. The molecule has 0 saturated heterocycles. The van der Waals surface area contributed by atoms with Gasteiger partial charge in [0.15, 0.2) is 11.6 Å². The molecule has 1 aliphatic rings. The van der Waals surface area contributed by atoms with Gasteiger partial charge in [-0.2, -0.15) is 9.97 Å². The maximum Gasteiger partial charge on any atom is 0.238 e. The number of rotatable bonds is 4. The highest BCUT2D eigenvalue weighted by Gasteiger charge is 2.38. The van der Waals surface area contributed by atoms with Gasteiger partial charge in [-0.1, -0.05) is 141 Å². The first-order chi connectivity index (χ1) is 26.1. The Morgan fingerprint density at radius 3 is 1.75 bits per heavy atom. The van der Waals surface area contributed by atoms with E-state index in [-0.39, 0.29) is 5.41 Å². The first kappa shape index (κ1) is 29.8. The second-order valence-corrected chi connectivity index (χ2v) is 14.5. The Hall–Kier alpha value is -6.85. The molecule has 0 bridgehead atoms. The fourth-order valence-corrected chi connectivity index (χ4v) is 8.84. The average Bonchev–Trinajstić information content (AvgIpc) is 3.81. The molecule has 0 amide bonds. The average molecular weight is 680 g/mol. The molecule has 5 nitrogen and oxygen atoms in total. The largest absolute Gasteiger partial charge is 0.309 e. The van der Waals surface area contributed by atoms with Crippen LogP contribution in [0.2, 0.25) is 0 Å². The highest BCUT2D eigenvalue weighted by atomic mass is 15.2. The fourth-order valence-electron chi connectivity index (χ4n) is 8.84. The van der Waals surface area contributed by atoms with Crippen molar-refractivity contribution in [2.75, 3.05) is 0 Å². The highest BCUT2D eigenvalue weighted by Crippen LogP contribution is 2.53. The summed E-state index contributed by atoms with van der Waals surface area (Å²) in [7, 11) is 0. The molecule has 0 fully saturated rings. The zero-order valence-electron chi connectivity index (χ0n) is 29.3. The van der Waals surface area contributed by atoms with Crippen LogP contribution in [0.1, 0.15) is 25.0 Å². The van der Waals surface area contributed by atoms with Crippen molar-refractivity contribution in [3.63, 3.8) is 0 Å². The van der Waals surface area contributed by atoms with Gasteiger partial charge in [0, 0.05) is 43.8 Å². The van der Waals surface area contributed by atoms with Crippen LogP contribution in [0, 0.1) is 0 Å². The Morgan fingerprint density at radius 2 is 1.02 bits per heavy atom. The monoisotopic (exact) mass is 679 g/mol. The van der Waals surface area contributed by atoms with E-state index >= 15 is 0 Å². The Kier molecular flexibility index (Phi) is 6.23. The van der Waals surface area contributed by atoms with E-state index in [4.69, 9.17) is 15.0 Å². The normalized spacial score (nSPS) is 13.2. The summed E-state index contributed by atoms with van der Waals surface area (Å²) in [5.74, 6) is 1.84. The van der Waals surface area contributed by atoms with Crippen LogP contribution in [-0.4, -0.2) is 24.1 Å². The predicted molar refractivity (Wildman–Crippen MR) is 217 cm³/mol. The third-order valence-electron chi connectivity index (χ3n) is 11.2. The van der Waals surface area contributed by atoms with Crippen LogP contribution in [0.5, 0.6) is 0 Å². The van der Waals surface area contributed by atoms with Crippen LogP contribution >= 0.6 is 0 Å². The van der Waals surface area contributed by atoms with E-state index in [2.05, 4.69) is 169 Å². The molecule has 0 N–H and O–H groups in total. The molecule has 1 aliphatic carbocycles. The van der Waals surface area contributed by atoms with Crippen LogP contribution < -0.4 is 0 Å². The van der Waals surface area contributed by atoms with Crippen LogP contribution in [-0.2, 0) is 5.41 Å². The number of hydrogen-bond donors (Lipinski definition) is 0. The van der Waals surface area contributed by atoms with E-state index in [0.29, 0.717) is 17.6 Å². The van der Waals surface area contributed by atoms with Gasteiger partial charge in [0.2, 0.25) is 5.95 Å². The van der Waals surface area contributed by atoms with Gasteiger partial charge < -0.3 is 4.57 Å². The summed E-state index contributed by atoms with van der Waals surface area (Å²) in [6.45, 7) is 4.73. The van der Waals surface area contributed by atoms with Gasteiger partial charge in [-0.25, -0.2) is 4.98 Å². The molecule has 3 heterocycles. The lowest BCUT2D eigenvalue weighted by atomic mass is 9.80. The molecular weight excluding hydrogens is 647 g/mol. The summed E-state index contributed by atoms with van der Waals surface area (Å²) >= 11 is 0. The number of fused-ring (bicyclic) bond motifs is 10. The summed E-state index contributed by atoms with van der Waals surface area (Å²) in [6.07, 6.45) is 0. The second kappa shape index (κ2) is 11.1. The summed E-state index contributed by atoms with van der Waals surface area (Å²) in [6, 6.07) is 58.0. The minimum absolute atomic E-state index is 0.135. The zero-order chi connectivity index (χ0) is 35.3. The maximum atomic E-state index is 5.24. The van der Waals surface area contributed by atoms with E-state index in [0.717, 1.165) is 38.6 Å². The maximum absolute atomic E-state index is 5.24. The molecule has 0 saturated carbocycles. The number of benzene rings is 7. The number of hydrogen-bond acceptors (Lipinski definition) is 3. The Morgan fingerprint density at radius 1 is 0.434 bits per heavy atom. The third-order valence-corrected chi connectivity index (χ3v) is 11.2. The molecule has 3 aromatic heterocycles. The Labute approximate surface area is 306 Å². The summed E-state index contributed by atoms with van der Waals surface area (Å²) in [5, 5.41) is 4.89.